The van der Waals surface area contributed by atoms with Crippen molar-refractivity contribution in [2.45, 2.75) is 35.0 Å². The molecule has 5 aromatic rings. The number of thioether (sulfide) groups is 1. The van der Waals surface area contributed by atoms with Crippen molar-refractivity contribution in [2.24, 2.45) is 0 Å². The zero-order valence-corrected chi connectivity index (χ0v) is 23.0. The molecule has 7 nitrogen and oxygen atoms in total. The van der Waals surface area contributed by atoms with Crippen molar-refractivity contribution in [3.05, 3.63) is 120 Å². The molecule has 0 saturated carbocycles. The van der Waals surface area contributed by atoms with Crippen LogP contribution >= 0.6 is 11.8 Å². The van der Waals surface area contributed by atoms with Gasteiger partial charge in [-0.3, -0.25) is 4.98 Å². The second-order valence-corrected chi connectivity index (χ2v) is 11.8. The fraction of sp³-hybridized carbons (Fsp3) is 0.167. The van der Waals surface area contributed by atoms with E-state index in [2.05, 4.69) is 9.55 Å². The summed E-state index contributed by atoms with van der Waals surface area (Å²) < 4.78 is 33.4. The Labute approximate surface area is 231 Å². The van der Waals surface area contributed by atoms with Gasteiger partial charge in [0.05, 0.1) is 46.1 Å². The van der Waals surface area contributed by atoms with Crippen molar-refractivity contribution in [1.29, 1.82) is 0 Å². The summed E-state index contributed by atoms with van der Waals surface area (Å²) in [5, 5.41) is 0.748. The van der Waals surface area contributed by atoms with Gasteiger partial charge in [0.1, 0.15) is 0 Å². The third kappa shape index (κ3) is 6.21. The number of ether oxygens (including phenoxy) is 1. The van der Waals surface area contributed by atoms with Gasteiger partial charge in [-0.05, 0) is 60.5 Å². The predicted octanol–water partition coefficient (Wildman–Crippen LogP) is 5.92. The standard InChI is InChI=1S/C30H27N3O4S2/c1-2-37-29(34)22-15-16-28-27(18-22)32-30(33(28)19-25-12-8-9-17-31-25)38-20-23-10-6-7-11-24(23)21-39(35,36)26-13-4-3-5-14-26/h3-18H,2,19-21H2,1H3. The van der Waals surface area contributed by atoms with Gasteiger partial charge in [-0.2, -0.15) is 0 Å². The average Bonchev–Trinajstić information content (AvgIpc) is 3.30. The summed E-state index contributed by atoms with van der Waals surface area (Å²) in [6.07, 6.45) is 1.75. The first kappa shape index (κ1) is 26.6. The van der Waals surface area contributed by atoms with Crippen LogP contribution in [0.4, 0.5) is 0 Å². The number of benzene rings is 3. The number of carbonyl (C=O) groups is 1. The Morgan fingerprint density at radius 2 is 1.67 bits per heavy atom. The molecule has 9 heteroatoms. The number of esters is 1. The first-order valence-corrected chi connectivity index (χ1v) is 15.1. The molecule has 39 heavy (non-hydrogen) atoms. The topological polar surface area (TPSA) is 91.1 Å². The molecule has 0 aliphatic heterocycles. The molecule has 0 N–H and O–H groups in total. The molecule has 3 aromatic carbocycles. The number of sulfone groups is 1. The van der Waals surface area contributed by atoms with Crippen molar-refractivity contribution < 1.29 is 17.9 Å². The molecule has 0 amide bonds. The number of nitrogens with zero attached hydrogens (tertiary/aromatic N) is 3. The van der Waals surface area contributed by atoms with Gasteiger partial charge in [-0.25, -0.2) is 18.2 Å². The number of fused-ring (bicyclic) bond motifs is 1. The molecule has 2 heterocycles. The molecular weight excluding hydrogens is 530 g/mol. The van der Waals surface area contributed by atoms with Crippen LogP contribution in [0, 0.1) is 0 Å². The highest BCUT2D eigenvalue weighted by Crippen LogP contribution is 2.30. The molecular formula is C30H27N3O4S2. The van der Waals surface area contributed by atoms with Crippen molar-refractivity contribution in [2.75, 3.05) is 6.61 Å². The smallest absolute Gasteiger partial charge is 0.338 e. The molecule has 0 unspecified atom stereocenters. The highest BCUT2D eigenvalue weighted by molar-refractivity contribution is 7.98. The number of imidazole rings is 1. The fourth-order valence-corrected chi connectivity index (χ4v) is 6.74. The van der Waals surface area contributed by atoms with Crippen molar-refractivity contribution in [3.8, 4) is 0 Å². The first-order valence-electron chi connectivity index (χ1n) is 12.5. The SMILES string of the molecule is CCOC(=O)c1ccc2c(c1)nc(SCc1ccccc1CS(=O)(=O)c1ccccc1)n2Cc1ccccn1. The third-order valence-electron chi connectivity index (χ3n) is 6.19. The van der Waals surface area contributed by atoms with E-state index in [1.54, 1.807) is 55.6 Å². The number of rotatable bonds is 10. The Bertz CT molecular complexity index is 1700. The lowest BCUT2D eigenvalue weighted by Crippen LogP contribution is -2.07. The van der Waals surface area contributed by atoms with Crippen LogP contribution in [0.2, 0.25) is 0 Å². The van der Waals surface area contributed by atoms with Crippen LogP contribution in [-0.4, -0.2) is 35.5 Å². The van der Waals surface area contributed by atoms with Crippen molar-refractivity contribution in [3.63, 3.8) is 0 Å². The van der Waals surface area contributed by atoms with E-state index in [9.17, 15) is 13.2 Å². The molecule has 0 radical (unpaired) electrons. The van der Waals surface area contributed by atoms with Gasteiger partial charge in [0.25, 0.3) is 0 Å². The number of carbonyl (C=O) groups excluding carboxylic acids is 1. The highest BCUT2D eigenvalue weighted by atomic mass is 32.2. The minimum absolute atomic E-state index is 0.0823. The average molecular weight is 558 g/mol. The van der Waals surface area contributed by atoms with Crippen LogP contribution in [0.3, 0.4) is 0 Å². The molecule has 2 aromatic heterocycles. The van der Waals surface area contributed by atoms with E-state index in [-0.39, 0.29) is 11.7 Å². The lowest BCUT2D eigenvalue weighted by molar-refractivity contribution is 0.0526. The Morgan fingerprint density at radius 1 is 0.923 bits per heavy atom. The zero-order valence-electron chi connectivity index (χ0n) is 21.4. The lowest BCUT2D eigenvalue weighted by Gasteiger charge is -2.12. The summed E-state index contributed by atoms with van der Waals surface area (Å²) in [6.45, 7) is 2.57. The summed E-state index contributed by atoms with van der Waals surface area (Å²) in [6, 6.07) is 27.2. The normalized spacial score (nSPS) is 11.5. The van der Waals surface area contributed by atoms with Gasteiger partial charge in [0.15, 0.2) is 15.0 Å². The van der Waals surface area contributed by atoms with Crippen LogP contribution in [0.1, 0.15) is 34.1 Å². The molecule has 0 spiro atoms. The van der Waals surface area contributed by atoms with Crippen molar-refractivity contribution >= 4 is 38.6 Å². The van der Waals surface area contributed by atoms with E-state index >= 15 is 0 Å². The van der Waals surface area contributed by atoms with E-state index in [0.717, 1.165) is 27.5 Å². The zero-order chi connectivity index (χ0) is 27.2. The van der Waals surface area contributed by atoms with Crippen LogP contribution in [0.5, 0.6) is 0 Å². The molecule has 0 fully saturated rings. The molecule has 0 bridgehead atoms. The molecule has 5 rings (SSSR count). The predicted molar refractivity (Wildman–Crippen MR) is 152 cm³/mol. The van der Waals surface area contributed by atoms with E-state index in [1.165, 1.54) is 11.8 Å². The van der Waals surface area contributed by atoms with Crippen LogP contribution in [-0.2, 0) is 32.6 Å². The van der Waals surface area contributed by atoms with E-state index in [0.29, 0.717) is 34.9 Å². The molecule has 0 aliphatic rings. The van der Waals surface area contributed by atoms with E-state index in [4.69, 9.17) is 9.72 Å². The summed E-state index contributed by atoms with van der Waals surface area (Å²) in [7, 11) is -3.49. The Kier molecular flexibility index (Phi) is 8.09. The number of aromatic nitrogens is 3. The van der Waals surface area contributed by atoms with Gasteiger partial charge >= 0.3 is 5.97 Å². The second-order valence-electron chi connectivity index (χ2n) is 8.86. The van der Waals surface area contributed by atoms with Gasteiger partial charge in [-0.1, -0.05) is 60.3 Å². The van der Waals surface area contributed by atoms with Gasteiger partial charge < -0.3 is 9.30 Å². The maximum atomic E-state index is 13.1. The maximum Gasteiger partial charge on any atom is 0.338 e. The second kappa shape index (κ2) is 11.8. The monoisotopic (exact) mass is 557 g/mol. The van der Waals surface area contributed by atoms with Gasteiger partial charge in [0, 0.05) is 11.9 Å². The largest absolute Gasteiger partial charge is 0.462 e. The molecule has 198 valence electrons. The van der Waals surface area contributed by atoms with E-state index in [1.807, 2.05) is 48.5 Å². The fourth-order valence-electron chi connectivity index (χ4n) is 4.26. The maximum absolute atomic E-state index is 13.1. The Morgan fingerprint density at radius 3 is 2.41 bits per heavy atom. The first-order chi connectivity index (χ1) is 18.9. The van der Waals surface area contributed by atoms with E-state index < -0.39 is 9.84 Å². The lowest BCUT2D eigenvalue weighted by atomic mass is 10.1. The summed E-state index contributed by atoms with van der Waals surface area (Å²) >= 11 is 1.52. The molecule has 0 aliphatic carbocycles. The number of pyridine rings is 1. The Hall–Kier alpha value is -3.95. The van der Waals surface area contributed by atoms with Gasteiger partial charge in [-0.15, -0.1) is 0 Å². The molecule has 0 atom stereocenters. The minimum atomic E-state index is -3.49. The summed E-state index contributed by atoms with van der Waals surface area (Å²) in [5.41, 5.74) is 4.55. The third-order valence-corrected chi connectivity index (χ3v) is 8.90. The van der Waals surface area contributed by atoms with Gasteiger partial charge in [0.2, 0.25) is 0 Å². The summed E-state index contributed by atoms with van der Waals surface area (Å²) in [4.78, 5) is 21.9. The Balaban J connectivity index is 1.46. The molecule has 0 saturated heterocycles. The van der Waals surface area contributed by atoms with Crippen LogP contribution < -0.4 is 0 Å². The van der Waals surface area contributed by atoms with Crippen molar-refractivity contribution in [1.82, 2.24) is 14.5 Å². The van der Waals surface area contributed by atoms with Crippen LogP contribution in [0.25, 0.3) is 11.0 Å². The minimum Gasteiger partial charge on any atom is -0.462 e. The number of hydrogen-bond acceptors (Lipinski definition) is 7. The summed E-state index contributed by atoms with van der Waals surface area (Å²) in [5.74, 6) is 0.0547. The quantitative estimate of drug-likeness (QED) is 0.155. The van der Waals surface area contributed by atoms with Crippen LogP contribution in [0.15, 0.2) is 107 Å². The highest BCUT2D eigenvalue weighted by Gasteiger charge is 2.19. The number of hydrogen-bond donors (Lipinski definition) is 0.